The van der Waals surface area contributed by atoms with E-state index in [1.807, 2.05) is 24.5 Å². The van der Waals surface area contributed by atoms with Crippen LogP contribution in [0.4, 0.5) is 0 Å². The van der Waals surface area contributed by atoms with Gasteiger partial charge in [0.05, 0.1) is 17.6 Å². The van der Waals surface area contributed by atoms with E-state index >= 15 is 0 Å². The second-order valence-electron chi connectivity index (χ2n) is 2.16. The molecule has 0 aliphatic rings. The van der Waals surface area contributed by atoms with Crippen molar-refractivity contribution in [3.63, 3.8) is 0 Å². The van der Waals surface area contributed by atoms with Crippen LogP contribution < -0.4 is 0 Å². The van der Waals surface area contributed by atoms with Crippen LogP contribution in [0.2, 0.25) is 0 Å². The molecule has 1 rings (SSSR count). The van der Waals surface area contributed by atoms with Gasteiger partial charge in [-0.1, -0.05) is 6.07 Å². The molecule has 1 heterocycles. The summed E-state index contributed by atoms with van der Waals surface area (Å²) < 4.78 is 0. The molecule has 2 nitrogen and oxygen atoms in total. The molecule has 0 aliphatic heterocycles. The second kappa shape index (κ2) is 4.36. The first kappa shape index (κ1) is 8.56. The number of pyridine rings is 1. The van der Waals surface area contributed by atoms with Crippen molar-refractivity contribution in [2.24, 2.45) is 0 Å². The van der Waals surface area contributed by atoms with E-state index in [1.54, 1.807) is 18.0 Å². The Morgan fingerprint density at radius 2 is 2.45 bits per heavy atom. The van der Waals surface area contributed by atoms with Crippen LogP contribution in [0.25, 0.3) is 0 Å². The van der Waals surface area contributed by atoms with Crippen molar-refractivity contribution in [2.45, 2.75) is 5.25 Å². The molecular formula is C8H11NOS. The van der Waals surface area contributed by atoms with Crippen LogP contribution in [0.1, 0.15) is 10.9 Å². The zero-order valence-electron chi connectivity index (χ0n) is 6.40. The molecule has 0 bridgehead atoms. The monoisotopic (exact) mass is 169 g/mol. The largest absolute Gasteiger partial charge is 0.395 e. The van der Waals surface area contributed by atoms with Crippen LogP contribution in [-0.2, 0) is 0 Å². The molecule has 0 fully saturated rings. The summed E-state index contributed by atoms with van der Waals surface area (Å²) >= 11 is 1.61. The minimum atomic E-state index is 0.121. The molecule has 0 amide bonds. The lowest BCUT2D eigenvalue weighted by molar-refractivity contribution is 0.295. The van der Waals surface area contributed by atoms with Crippen LogP contribution in [0.5, 0.6) is 0 Å². The van der Waals surface area contributed by atoms with Crippen molar-refractivity contribution in [1.82, 2.24) is 4.98 Å². The van der Waals surface area contributed by atoms with Gasteiger partial charge in [-0.15, -0.1) is 0 Å². The fraction of sp³-hybridized carbons (Fsp3) is 0.375. The van der Waals surface area contributed by atoms with E-state index < -0.39 is 0 Å². The molecule has 1 N–H and O–H groups in total. The van der Waals surface area contributed by atoms with Crippen LogP contribution >= 0.6 is 11.8 Å². The molecule has 0 aromatic carbocycles. The summed E-state index contributed by atoms with van der Waals surface area (Å²) in [6.45, 7) is 0.151. The molecule has 11 heavy (non-hydrogen) atoms. The number of aliphatic hydroxyl groups excluding tert-OH is 1. The van der Waals surface area contributed by atoms with Crippen LogP contribution in [0, 0.1) is 0 Å². The second-order valence-corrected chi connectivity index (χ2v) is 3.20. The van der Waals surface area contributed by atoms with E-state index in [2.05, 4.69) is 4.98 Å². The smallest absolute Gasteiger partial charge is 0.0698 e. The third kappa shape index (κ3) is 2.20. The summed E-state index contributed by atoms with van der Waals surface area (Å²) in [5.41, 5.74) is 0.947. The molecule has 0 aliphatic carbocycles. The number of aromatic nitrogens is 1. The van der Waals surface area contributed by atoms with E-state index in [1.165, 1.54) is 0 Å². The van der Waals surface area contributed by atoms with E-state index in [4.69, 9.17) is 5.11 Å². The lowest BCUT2D eigenvalue weighted by Crippen LogP contribution is -2.00. The van der Waals surface area contributed by atoms with Crippen molar-refractivity contribution >= 4 is 11.8 Å². The normalized spacial score (nSPS) is 12.9. The van der Waals surface area contributed by atoms with Gasteiger partial charge in [0, 0.05) is 6.20 Å². The van der Waals surface area contributed by atoms with Gasteiger partial charge >= 0.3 is 0 Å². The first-order valence-electron chi connectivity index (χ1n) is 3.43. The van der Waals surface area contributed by atoms with Gasteiger partial charge in [0.25, 0.3) is 0 Å². The highest BCUT2D eigenvalue weighted by atomic mass is 32.2. The van der Waals surface area contributed by atoms with Gasteiger partial charge in [-0.2, -0.15) is 11.8 Å². The van der Waals surface area contributed by atoms with Crippen molar-refractivity contribution in [2.75, 3.05) is 12.9 Å². The molecule has 1 aromatic heterocycles. The summed E-state index contributed by atoms with van der Waals surface area (Å²) in [5, 5.41) is 9.04. The lowest BCUT2D eigenvalue weighted by Gasteiger charge is -2.08. The highest BCUT2D eigenvalue weighted by Gasteiger charge is 2.07. The van der Waals surface area contributed by atoms with E-state index in [9.17, 15) is 0 Å². The molecule has 3 heteroatoms. The SMILES string of the molecule is CSC(CO)c1ccccn1. The zero-order valence-corrected chi connectivity index (χ0v) is 7.21. The van der Waals surface area contributed by atoms with Crippen molar-refractivity contribution in [3.8, 4) is 0 Å². The molecule has 0 saturated heterocycles. The number of hydrogen-bond donors (Lipinski definition) is 1. The van der Waals surface area contributed by atoms with Crippen molar-refractivity contribution < 1.29 is 5.11 Å². The molecule has 0 spiro atoms. The number of rotatable bonds is 3. The van der Waals surface area contributed by atoms with E-state index in [-0.39, 0.29) is 11.9 Å². The molecule has 1 unspecified atom stereocenters. The summed E-state index contributed by atoms with van der Waals surface area (Å²) in [7, 11) is 0. The Bertz CT molecular complexity index is 199. The molecule has 1 atom stereocenters. The Labute approximate surface area is 70.7 Å². The van der Waals surface area contributed by atoms with Gasteiger partial charge in [0.15, 0.2) is 0 Å². The summed E-state index contributed by atoms with van der Waals surface area (Å²) in [6, 6.07) is 5.73. The Kier molecular flexibility index (Phi) is 3.39. The fourth-order valence-corrected chi connectivity index (χ4v) is 1.39. The standard InChI is InChI=1S/C8H11NOS/c1-11-8(6-10)7-4-2-3-5-9-7/h2-5,8,10H,6H2,1H3. The third-order valence-electron chi connectivity index (χ3n) is 1.47. The number of nitrogens with zero attached hydrogens (tertiary/aromatic N) is 1. The quantitative estimate of drug-likeness (QED) is 0.744. The predicted octanol–water partition coefficient (Wildman–Crippen LogP) is 1.48. The van der Waals surface area contributed by atoms with Gasteiger partial charge in [0.1, 0.15) is 0 Å². The number of thioether (sulfide) groups is 1. The van der Waals surface area contributed by atoms with E-state index in [0.717, 1.165) is 5.69 Å². The minimum Gasteiger partial charge on any atom is -0.395 e. The first-order chi connectivity index (χ1) is 5.38. The van der Waals surface area contributed by atoms with Gasteiger partial charge < -0.3 is 5.11 Å². The fourth-order valence-electron chi connectivity index (χ4n) is 0.855. The maximum Gasteiger partial charge on any atom is 0.0698 e. The highest BCUT2D eigenvalue weighted by molar-refractivity contribution is 7.98. The Morgan fingerprint density at radius 1 is 1.64 bits per heavy atom. The van der Waals surface area contributed by atoms with E-state index in [0.29, 0.717) is 0 Å². The molecule has 0 saturated carbocycles. The van der Waals surface area contributed by atoms with Gasteiger partial charge in [-0.3, -0.25) is 4.98 Å². The highest BCUT2D eigenvalue weighted by Crippen LogP contribution is 2.22. The van der Waals surface area contributed by atoms with Gasteiger partial charge in [-0.05, 0) is 18.4 Å². The summed E-state index contributed by atoms with van der Waals surface area (Å²) in [6.07, 6.45) is 3.71. The Balaban J connectivity index is 2.74. The van der Waals surface area contributed by atoms with Crippen LogP contribution in [0.3, 0.4) is 0 Å². The lowest BCUT2D eigenvalue weighted by atomic mass is 10.3. The number of aliphatic hydroxyl groups is 1. The average molecular weight is 169 g/mol. The van der Waals surface area contributed by atoms with Gasteiger partial charge in [0.2, 0.25) is 0 Å². The summed E-state index contributed by atoms with van der Waals surface area (Å²) in [4.78, 5) is 4.14. The van der Waals surface area contributed by atoms with Crippen LogP contribution in [-0.4, -0.2) is 23.0 Å². The van der Waals surface area contributed by atoms with Crippen LogP contribution in [0.15, 0.2) is 24.4 Å². The molecular weight excluding hydrogens is 158 g/mol. The molecule has 60 valence electrons. The molecule has 0 radical (unpaired) electrons. The maximum atomic E-state index is 8.92. The zero-order chi connectivity index (χ0) is 8.10. The maximum absolute atomic E-state index is 8.92. The summed E-state index contributed by atoms with van der Waals surface area (Å²) in [5.74, 6) is 0. The van der Waals surface area contributed by atoms with Gasteiger partial charge in [-0.25, -0.2) is 0 Å². The topological polar surface area (TPSA) is 33.1 Å². The molecule has 1 aromatic rings. The van der Waals surface area contributed by atoms with Crippen molar-refractivity contribution in [3.05, 3.63) is 30.1 Å². The Hall–Kier alpha value is -0.540. The van der Waals surface area contributed by atoms with Crippen molar-refractivity contribution in [1.29, 1.82) is 0 Å². The minimum absolute atomic E-state index is 0.121. The predicted molar refractivity (Wildman–Crippen MR) is 47.6 cm³/mol. The Morgan fingerprint density at radius 3 is 2.91 bits per heavy atom. The third-order valence-corrected chi connectivity index (χ3v) is 2.43. The number of hydrogen-bond acceptors (Lipinski definition) is 3. The first-order valence-corrected chi connectivity index (χ1v) is 4.72. The average Bonchev–Trinajstić information content (AvgIpc) is 2.09.